The molecule has 0 saturated carbocycles. The fourth-order valence-electron chi connectivity index (χ4n) is 2.49. The van der Waals surface area contributed by atoms with Gasteiger partial charge in [0.2, 0.25) is 10.0 Å². The summed E-state index contributed by atoms with van der Waals surface area (Å²) in [4.78, 5) is 28.5. The molecule has 1 aliphatic rings. The second-order valence-electron chi connectivity index (χ2n) is 5.52. The first-order valence-corrected chi connectivity index (χ1v) is 8.59. The zero-order valence-electron chi connectivity index (χ0n) is 13.0. The van der Waals surface area contributed by atoms with Gasteiger partial charge in [0, 0.05) is 13.1 Å². The first-order valence-electron chi connectivity index (χ1n) is 7.11. The lowest BCUT2D eigenvalue weighted by Gasteiger charge is -2.14. The van der Waals surface area contributed by atoms with Crippen molar-refractivity contribution in [2.24, 2.45) is 0 Å². The van der Waals surface area contributed by atoms with Crippen LogP contribution < -0.4 is 4.72 Å². The quantitative estimate of drug-likeness (QED) is 0.752. The Morgan fingerprint density at radius 2 is 1.92 bits per heavy atom. The summed E-state index contributed by atoms with van der Waals surface area (Å²) in [6, 6.07) is 3.46. The van der Waals surface area contributed by atoms with E-state index in [1.54, 1.807) is 6.92 Å². The minimum absolute atomic E-state index is 0.0665. The normalized spacial score (nSPS) is 15.7. The fourth-order valence-corrected chi connectivity index (χ4v) is 3.75. The number of amides is 2. The van der Waals surface area contributed by atoms with Crippen molar-refractivity contribution < 1.29 is 18.0 Å². The summed E-state index contributed by atoms with van der Waals surface area (Å²) in [5, 5.41) is 3.92. The molecule has 0 radical (unpaired) electrons. The number of rotatable bonds is 5. The Kier molecular flexibility index (Phi) is 3.93. The van der Waals surface area contributed by atoms with Crippen LogP contribution in [-0.4, -0.2) is 53.0 Å². The van der Waals surface area contributed by atoms with Crippen molar-refractivity contribution in [2.75, 3.05) is 7.05 Å². The highest BCUT2D eigenvalue weighted by molar-refractivity contribution is 7.89. The van der Waals surface area contributed by atoms with Crippen molar-refractivity contribution in [1.29, 1.82) is 0 Å². The van der Waals surface area contributed by atoms with Gasteiger partial charge in [0.1, 0.15) is 12.7 Å². The van der Waals surface area contributed by atoms with Gasteiger partial charge in [-0.1, -0.05) is 0 Å². The van der Waals surface area contributed by atoms with E-state index in [4.69, 9.17) is 0 Å². The molecule has 2 heterocycles. The van der Waals surface area contributed by atoms with Gasteiger partial charge in [0.05, 0.1) is 22.6 Å². The van der Waals surface area contributed by atoms with Gasteiger partial charge in [-0.15, -0.1) is 0 Å². The lowest BCUT2D eigenvalue weighted by Crippen LogP contribution is -2.35. The minimum atomic E-state index is -3.84. The second kappa shape index (κ2) is 5.80. The molecule has 0 bridgehead atoms. The number of nitrogens with zero attached hydrogens (tertiary/aromatic N) is 4. The third kappa shape index (κ3) is 2.81. The van der Waals surface area contributed by atoms with Crippen molar-refractivity contribution >= 4 is 21.8 Å². The van der Waals surface area contributed by atoms with E-state index in [9.17, 15) is 18.0 Å². The van der Waals surface area contributed by atoms with Crippen LogP contribution >= 0.6 is 0 Å². The highest BCUT2D eigenvalue weighted by atomic mass is 32.2. The van der Waals surface area contributed by atoms with Crippen LogP contribution in [0.1, 0.15) is 27.6 Å². The van der Waals surface area contributed by atoms with Gasteiger partial charge < -0.3 is 0 Å². The maximum atomic E-state index is 12.5. The van der Waals surface area contributed by atoms with Crippen LogP contribution in [-0.2, 0) is 16.6 Å². The van der Waals surface area contributed by atoms with Crippen LogP contribution in [0.4, 0.5) is 0 Å². The molecule has 9 nitrogen and oxygen atoms in total. The number of sulfonamides is 1. The predicted molar refractivity (Wildman–Crippen MR) is 82.7 cm³/mol. The SMILES string of the molecule is C[C@@H](Cn1cncn1)NS(=O)(=O)c1ccc2c(c1)C(=O)N(C)C2=O. The Bertz CT molecular complexity index is 907. The largest absolute Gasteiger partial charge is 0.277 e. The number of aromatic nitrogens is 3. The van der Waals surface area contributed by atoms with E-state index in [2.05, 4.69) is 14.8 Å². The van der Waals surface area contributed by atoms with E-state index in [1.807, 2.05) is 0 Å². The zero-order chi connectivity index (χ0) is 17.5. The topological polar surface area (TPSA) is 114 Å². The van der Waals surface area contributed by atoms with Crippen molar-refractivity contribution in [3.8, 4) is 0 Å². The first-order chi connectivity index (χ1) is 11.3. The Morgan fingerprint density at radius 3 is 2.58 bits per heavy atom. The summed E-state index contributed by atoms with van der Waals surface area (Å²) < 4.78 is 29.0. The third-order valence-electron chi connectivity index (χ3n) is 3.66. The molecule has 1 N–H and O–H groups in total. The summed E-state index contributed by atoms with van der Waals surface area (Å²) in [5.74, 6) is -0.950. The van der Waals surface area contributed by atoms with Gasteiger partial charge >= 0.3 is 0 Å². The maximum absolute atomic E-state index is 12.5. The van der Waals surface area contributed by atoms with Gasteiger partial charge in [0.15, 0.2) is 0 Å². The van der Waals surface area contributed by atoms with E-state index < -0.39 is 27.9 Å². The maximum Gasteiger partial charge on any atom is 0.261 e. The summed E-state index contributed by atoms with van der Waals surface area (Å²) in [7, 11) is -2.48. The highest BCUT2D eigenvalue weighted by Gasteiger charge is 2.34. The molecule has 1 aromatic carbocycles. The molecule has 2 aromatic rings. The zero-order valence-corrected chi connectivity index (χ0v) is 13.8. The molecule has 0 spiro atoms. The van der Waals surface area contributed by atoms with Gasteiger partial charge in [-0.2, -0.15) is 5.10 Å². The Balaban J connectivity index is 1.83. The van der Waals surface area contributed by atoms with Crippen LogP contribution in [0, 0.1) is 0 Å². The molecule has 2 amide bonds. The van der Waals surface area contributed by atoms with Crippen LogP contribution in [0.25, 0.3) is 0 Å². The molecule has 3 rings (SSSR count). The molecular weight excluding hydrogens is 334 g/mol. The molecule has 0 unspecified atom stereocenters. The molecule has 1 aromatic heterocycles. The monoisotopic (exact) mass is 349 g/mol. The number of imide groups is 1. The Morgan fingerprint density at radius 1 is 1.21 bits per heavy atom. The molecule has 0 aliphatic carbocycles. The predicted octanol–water partition coefficient (Wildman–Crippen LogP) is -0.129. The highest BCUT2D eigenvalue weighted by Crippen LogP contribution is 2.24. The number of benzene rings is 1. The number of nitrogens with one attached hydrogen (secondary N) is 1. The fraction of sp³-hybridized carbons (Fsp3) is 0.286. The molecule has 126 valence electrons. The number of hydrogen-bond acceptors (Lipinski definition) is 6. The number of fused-ring (bicyclic) bond motifs is 1. The lowest BCUT2D eigenvalue weighted by atomic mass is 10.1. The summed E-state index contributed by atoms with van der Waals surface area (Å²) in [6.07, 6.45) is 2.85. The van der Waals surface area contributed by atoms with E-state index in [1.165, 1.54) is 42.6 Å². The average molecular weight is 349 g/mol. The van der Waals surface area contributed by atoms with Crippen LogP contribution in [0.15, 0.2) is 35.7 Å². The average Bonchev–Trinajstić information content (AvgIpc) is 3.10. The summed E-state index contributed by atoms with van der Waals surface area (Å²) >= 11 is 0. The van der Waals surface area contributed by atoms with Gasteiger partial charge in [-0.3, -0.25) is 19.2 Å². The molecule has 0 fully saturated rings. The van der Waals surface area contributed by atoms with Gasteiger partial charge in [-0.05, 0) is 25.1 Å². The number of carbonyl (C=O) groups excluding carboxylic acids is 2. The second-order valence-corrected chi connectivity index (χ2v) is 7.23. The third-order valence-corrected chi connectivity index (χ3v) is 5.24. The molecular formula is C14H15N5O4S. The molecule has 1 aliphatic heterocycles. The van der Waals surface area contributed by atoms with E-state index in [-0.39, 0.29) is 16.0 Å². The van der Waals surface area contributed by atoms with Crippen LogP contribution in [0.3, 0.4) is 0 Å². The molecule has 0 saturated heterocycles. The Labute approximate surface area is 138 Å². The molecule has 1 atom stereocenters. The first kappa shape index (κ1) is 16.3. The Hall–Kier alpha value is -2.59. The van der Waals surface area contributed by atoms with Crippen molar-refractivity contribution in [3.05, 3.63) is 42.0 Å². The lowest BCUT2D eigenvalue weighted by molar-refractivity contribution is 0.0693. The molecule has 24 heavy (non-hydrogen) atoms. The van der Waals surface area contributed by atoms with Crippen molar-refractivity contribution in [2.45, 2.75) is 24.4 Å². The number of carbonyl (C=O) groups is 2. The van der Waals surface area contributed by atoms with Crippen LogP contribution in [0.2, 0.25) is 0 Å². The smallest absolute Gasteiger partial charge is 0.261 e. The van der Waals surface area contributed by atoms with E-state index in [0.717, 1.165) is 4.90 Å². The van der Waals surface area contributed by atoms with Gasteiger partial charge in [0.25, 0.3) is 11.8 Å². The van der Waals surface area contributed by atoms with E-state index >= 15 is 0 Å². The number of hydrogen-bond donors (Lipinski definition) is 1. The summed E-state index contributed by atoms with van der Waals surface area (Å²) in [6.45, 7) is 2.00. The summed E-state index contributed by atoms with van der Waals surface area (Å²) in [5.41, 5.74) is 0.298. The van der Waals surface area contributed by atoms with Crippen LogP contribution in [0.5, 0.6) is 0 Å². The van der Waals surface area contributed by atoms with E-state index in [0.29, 0.717) is 6.54 Å². The standard InChI is InChI=1S/C14H15N5O4S/c1-9(6-19-8-15-7-16-19)17-24(22,23)10-3-4-11-12(5-10)14(21)18(2)13(11)20/h3-5,7-9,17H,6H2,1-2H3/t9-/m0/s1. The van der Waals surface area contributed by atoms with Crippen molar-refractivity contribution in [1.82, 2.24) is 24.4 Å². The van der Waals surface area contributed by atoms with Crippen molar-refractivity contribution in [3.63, 3.8) is 0 Å². The molecule has 10 heteroatoms. The minimum Gasteiger partial charge on any atom is -0.277 e. The van der Waals surface area contributed by atoms with Gasteiger partial charge in [-0.25, -0.2) is 18.1 Å².